The van der Waals surface area contributed by atoms with E-state index in [9.17, 15) is 9.18 Å². The molecule has 3 aromatic rings. The minimum atomic E-state index is -0.753. The first kappa shape index (κ1) is 21.0. The van der Waals surface area contributed by atoms with Gasteiger partial charge in [0, 0.05) is 25.4 Å². The van der Waals surface area contributed by atoms with E-state index in [1.54, 1.807) is 16.9 Å². The van der Waals surface area contributed by atoms with Crippen LogP contribution in [0.25, 0.3) is 0 Å². The summed E-state index contributed by atoms with van der Waals surface area (Å²) in [6.45, 7) is 5.96. The number of aromatic nitrogens is 3. The predicted molar refractivity (Wildman–Crippen MR) is 120 cm³/mol. The summed E-state index contributed by atoms with van der Waals surface area (Å²) in [5, 5.41) is 7.27. The Balaban J connectivity index is 1.30. The lowest BCUT2D eigenvalue weighted by Crippen LogP contribution is -2.20. The van der Waals surface area contributed by atoms with Gasteiger partial charge in [-0.3, -0.25) is 14.5 Å². The molecular weight excluding hydrogens is 393 g/mol. The van der Waals surface area contributed by atoms with Crippen molar-refractivity contribution in [2.24, 2.45) is 0 Å². The maximum atomic E-state index is 13.4. The van der Waals surface area contributed by atoms with Gasteiger partial charge in [0.15, 0.2) is 5.82 Å². The van der Waals surface area contributed by atoms with E-state index < -0.39 is 6.17 Å². The Morgan fingerprint density at radius 2 is 2.00 bits per heavy atom. The van der Waals surface area contributed by atoms with Crippen molar-refractivity contribution < 1.29 is 9.18 Å². The number of halogens is 1. The number of hydrogen-bond donors (Lipinski definition) is 1. The molecule has 0 aliphatic carbocycles. The van der Waals surface area contributed by atoms with Crippen molar-refractivity contribution in [1.82, 2.24) is 14.8 Å². The van der Waals surface area contributed by atoms with Crippen molar-refractivity contribution in [2.45, 2.75) is 45.3 Å². The molecule has 1 aliphatic heterocycles. The number of pyridine rings is 1. The van der Waals surface area contributed by atoms with Gasteiger partial charge in [0.1, 0.15) is 6.17 Å². The van der Waals surface area contributed by atoms with Gasteiger partial charge in [-0.1, -0.05) is 38.1 Å². The molecule has 3 heterocycles. The Bertz CT molecular complexity index is 1010. The molecule has 0 radical (unpaired) electrons. The molecular formula is C24H28FN5O. The van der Waals surface area contributed by atoms with E-state index in [0.717, 1.165) is 23.5 Å². The van der Waals surface area contributed by atoms with Gasteiger partial charge in [-0.25, -0.2) is 4.39 Å². The Morgan fingerprint density at radius 1 is 1.19 bits per heavy atom. The van der Waals surface area contributed by atoms with Gasteiger partial charge in [0.25, 0.3) is 0 Å². The molecule has 1 fully saturated rings. The number of hydrogen-bond acceptors (Lipinski definition) is 4. The Hall–Kier alpha value is -3.22. The van der Waals surface area contributed by atoms with Crippen molar-refractivity contribution in [2.75, 3.05) is 23.3 Å². The van der Waals surface area contributed by atoms with Crippen LogP contribution in [0.3, 0.4) is 0 Å². The first-order chi connectivity index (χ1) is 15.0. The van der Waals surface area contributed by atoms with E-state index in [4.69, 9.17) is 0 Å². The van der Waals surface area contributed by atoms with Gasteiger partial charge in [0.05, 0.1) is 30.5 Å². The maximum absolute atomic E-state index is 13.4. The number of nitrogens with one attached hydrogen (secondary N) is 1. The van der Waals surface area contributed by atoms with Crippen LogP contribution in [0.15, 0.2) is 54.9 Å². The first-order valence-electron chi connectivity index (χ1n) is 10.7. The van der Waals surface area contributed by atoms with Crippen molar-refractivity contribution in [1.29, 1.82) is 0 Å². The summed E-state index contributed by atoms with van der Waals surface area (Å²) in [5.74, 6) is 0.897. The van der Waals surface area contributed by atoms with Crippen molar-refractivity contribution in [3.63, 3.8) is 0 Å². The fourth-order valence-electron chi connectivity index (χ4n) is 3.72. The maximum Gasteiger partial charge on any atom is 0.229 e. The third-order valence-electron chi connectivity index (χ3n) is 5.55. The average Bonchev–Trinajstić information content (AvgIpc) is 3.37. The Kier molecular flexibility index (Phi) is 6.30. The van der Waals surface area contributed by atoms with Crippen LogP contribution in [0, 0.1) is 0 Å². The number of rotatable bonds is 7. The lowest BCUT2D eigenvalue weighted by molar-refractivity contribution is -0.115. The van der Waals surface area contributed by atoms with E-state index >= 15 is 0 Å². The molecule has 1 saturated heterocycles. The zero-order valence-electron chi connectivity index (χ0n) is 18.0. The molecule has 1 aliphatic rings. The number of anilines is 2. The van der Waals surface area contributed by atoms with Crippen LogP contribution in [-0.2, 0) is 17.8 Å². The van der Waals surface area contributed by atoms with Gasteiger partial charge < -0.3 is 10.2 Å². The van der Waals surface area contributed by atoms with E-state index in [1.165, 1.54) is 5.56 Å². The Morgan fingerprint density at radius 3 is 2.65 bits per heavy atom. The van der Waals surface area contributed by atoms with Crippen LogP contribution in [0.4, 0.5) is 15.9 Å². The highest BCUT2D eigenvalue weighted by molar-refractivity contribution is 5.91. The summed E-state index contributed by atoms with van der Waals surface area (Å²) in [5.41, 5.74) is 4.03. The summed E-state index contributed by atoms with van der Waals surface area (Å²) in [6.07, 6.45) is 3.73. The molecule has 1 N–H and O–H groups in total. The van der Waals surface area contributed by atoms with Crippen molar-refractivity contribution >= 4 is 17.4 Å². The number of alkyl halides is 1. The standard InChI is InChI=1S/C24H28FN5O/c1-17(2)19-5-3-18(4-6-19)13-24(31)27-23-10-12-30(28-23)16-21-7-8-22(14-26-21)29-11-9-20(25)15-29/h3-8,10,12,14,17,20H,9,11,13,15-16H2,1-2H3,(H,27,28,31). The predicted octanol–water partition coefficient (Wildman–Crippen LogP) is 4.18. The monoisotopic (exact) mass is 421 g/mol. The second-order valence-corrected chi connectivity index (χ2v) is 8.36. The Labute approximate surface area is 182 Å². The van der Waals surface area contributed by atoms with E-state index in [1.807, 2.05) is 35.4 Å². The zero-order valence-corrected chi connectivity index (χ0v) is 18.0. The van der Waals surface area contributed by atoms with E-state index in [-0.39, 0.29) is 5.91 Å². The van der Waals surface area contributed by atoms with Crippen LogP contribution in [0.1, 0.15) is 43.0 Å². The van der Waals surface area contributed by atoms with Gasteiger partial charge >= 0.3 is 0 Å². The van der Waals surface area contributed by atoms with Crippen molar-refractivity contribution in [3.8, 4) is 0 Å². The molecule has 6 nitrogen and oxygen atoms in total. The molecule has 2 aromatic heterocycles. The smallest absolute Gasteiger partial charge is 0.229 e. The number of benzene rings is 1. The molecule has 0 spiro atoms. The SMILES string of the molecule is CC(C)c1ccc(CC(=O)Nc2ccn(Cc3ccc(N4CCC(F)C4)cn3)n2)cc1. The lowest BCUT2D eigenvalue weighted by atomic mass is 10.0. The van der Waals surface area contributed by atoms with Crippen LogP contribution in [0.2, 0.25) is 0 Å². The highest BCUT2D eigenvalue weighted by atomic mass is 19.1. The zero-order chi connectivity index (χ0) is 21.8. The molecule has 1 aromatic carbocycles. The van der Waals surface area contributed by atoms with Gasteiger partial charge in [0.2, 0.25) is 5.91 Å². The number of carbonyl (C=O) groups excluding carboxylic acids is 1. The third-order valence-corrected chi connectivity index (χ3v) is 5.55. The summed E-state index contributed by atoms with van der Waals surface area (Å²) in [4.78, 5) is 18.8. The third kappa shape index (κ3) is 5.48. The molecule has 0 bridgehead atoms. The van der Waals surface area contributed by atoms with Crippen LogP contribution >= 0.6 is 0 Å². The fourth-order valence-corrected chi connectivity index (χ4v) is 3.72. The minimum Gasteiger partial charge on any atom is -0.367 e. The second-order valence-electron chi connectivity index (χ2n) is 8.36. The average molecular weight is 422 g/mol. The molecule has 1 amide bonds. The highest BCUT2D eigenvalue weighted by Gasteiger charge is 2.22. The topological polar surface area (TPSA) is 63.1 Å². The quantitative estimate of drug-likeness (QED) is 0.622. The minimum absolute atomic E-state index is 0.0956. The molecule has 0 saturated carbocycles. The highest BCUT2D eigenvalue weighted by Crippen LogP contribution is 2.21. The van der Waals surface area contributed by atoms with Gasteiger partial charge in [-0.15, -0.1) is 0 Å². The first-order valence-corrected chi connectivity index (χ1v) is 10.7. The normalized spacial score (nSPS) is 16.1. The fraction of sp³-hybridized carbons (Fsp3) is 0.375. The molecule has 4 rings (SSSR count). The summed E-state index contributed by atoms with van der Waals surface area (Å²) >= 11 is 0. The molecule has 31 heavy (non-hydrogen) atoms. The number of amides is 1. The van der Waals surface area contributed by atoms with Crippen LogP contribution in [-0.4, -0.2) is 39.9 Å². The summed E-state index contributed by atoms with van der Waals surface area (Å²) < 4.78 is 15.1. The summed E-state index contributed by atoms with van der Waals surface area (Å²) in [7, 11) is 0. The van der Waals surface area contributed by atoms with Gasteiger partial charge in [-0.2, -0.15) is 5.10 Å². The van der Waals surface area contributed by atoms with E-state index in [2.05, 4.69) is 41.4 Å². The van der Waals surface area contributed by atoms with Crippen LogP contribution in [0.5, 0.6) is 0 Å². The lowest BCUT2D eigenvalue weighted by Gasteiger charge is -2.17. The largest absolute Gasteiger partial charge is 0.367 e. The number of carbonyl (C=O) groups is 1. The molecule has 1 atom stereocenters. The van der Waals surface area contributed by atoms with Crippen molar-refractivity contribution in [3.05, 3.63) is 71.7 Å². The molecule has 1 unspecified atom stereocenters. The summed E-state index contributed by atoms with van der Waals surface area (Å²) in [6, 6.07) is 13.8. The second kappa shape index (κ2) is 9.29. The molecule has 7 heteroatoms. The van der Waals surface area contributed by atoms with Gasteiger partial charge in [-0.05, 0) is 35.6 Å². The van der Waals surface area contributed by atoms with Crippen LogP contribution < -0.4 is 10.2 Å². The van der Waals surface area contributed by atoms with E-state index in [0.29, 0.717) is 37.7 Å². The molecule has 162 valence electrons. The number of nitrogens with zero attached hydrogens (tertiary/aromatic N) is 4.